The average molecular weight is 554 g/mol. The molecule has 0 aromatic heterocycles. The molecule has 4 rings (SSSR count). The van der Waals surface area contributed by atoms with Gasteiger partial charge in [0, 0.05) is 0 Å². The highest BCUT2D eigenvalue weighted by Crippen LogP contribution is 2.28. The Morgan fingerprint density at radius 2 is 0.590 bits per heavy atom. The molecule has 0 bridgehead atoms. The van der Waals surface area contributed by atoms with Crippen LogP contribution in [0.15, 0.2) is 48.5 Å². The van der Waals surface area contributed by atoms with E-state index in [0.717, 1.165) is 24.3 Å². The molecule has 0 N–H and O–H groups in total. The molecule has 0 fully saturated rings. The van der Waals surface area contributed by atoms with Gasteiger partial charge in [0.05, 0.1) is 11.1 Å². The van der Waals surface area contributed by atoms with Gasteiger partial charge < -0.3 is 4.74 Å². The third kappa shape index (κ3) is 5.52. The zero-order chi connectivity index (χ0) is 28.4. The van der Waals surface area contributed by atoms with Crippen molar-refractivity contribution in [2.75, 3.05) is 0 Å². The molecule has 0 spiro atoms. The summed E-state index contributed by atoms with van der Waals surface area (Å²) in [5.74, 6) is -20.0. The second-order valence-corrected chi connectivity index (χ2v) is 7.87. The molecule has 0 aliphatic rings. The summed E-state index contributed by atoms with van der Waals surface area (Å²) >= 11 is 0. The minimum atomic E-state index is -2.26. The van der Waals surface area contributed by atoms with Gasteiger partial charge in [-0.2, -0.15) is 0 Å². The Kier molecular flexibility index (Phi) is 7.80. The van der Waals surface area contributed by atoms with Gasteiger partial charge in [-0.1, -0.05) is 36.4 Å². The van der Waals surface area contributed by atoms with E-state index in [1.165, 1.54) is 48.5 Å². The van der Waals surface area contributed by atoms with Gasteiger partial charge in [0.25, 0.3) is 0 Å². The predicted molar refractivity (Wildman–Crippen MR) is 123 cm³/mol. The van der Waals surface area contributed by atoms with E-state index in [-0.39, 0.29) is 0 Å². The second kappa shape index (κ2) is 11.1. The van der Waals surface area contributed by atoms with E-state index in [2.05, 4.69) is 0 Å². The molecule has 39 heavy (non-hydrogen) atoms. The van der Waals surface area contributed by atoms with Crippen LogP contribution in [0, 0.1) is 58.2 Å². The maximum atomic E-state index is 13.8. The Balaban J connectivity index is 1.45. The Bertz CT molecular complexity index is 1430. The second-order valence-electron chi connectivity index (χ2n) is 7.87. The van der Waals surface area contributed by atoms with Gasteiger partial charge >= 0.3 is 0 Å². The molecule has 4 aromatic rings. The Morgan fingerprint density at radius 1 is 0.333 bits per heavy atom. The molecule has 0 saturated carbocycles. The van der Waals surface area contributed by atoms with Crippen LogP contribution < -0.4 is 4.74 Å². The van der Waals surface area contributed by atoms with Crippen molar-refractivity contribution in [1.29, 1.82) is 0 Å². The highest BCUT2D eigenvalue weighted by atomic mass is 19.2. The Hall–Kier alpha value is -4.54. The van der Waals surface area contributed by atoms with Crippen LogP contribution in [0.3, 0.4) is 0 Å². The van der Waals surface area contributed by atoms with E-state index in [1.807, 2.05) is 0 Å². The van der Waals surface area contributed by atoms with Crippen LogP contribution in [-0.4, -0.2) is 0 Å². The van der Waals surface area contributed by atoms with Gasteiger partial charge in [-0.15, -0.1) is 0 Å². The lowest BCUT2D eigenvalue weighted by atomic mass is 10.1. The fraction of sp³-hybridized carbons (Fsp3) is 0. The van der Waals surface area contributed by atoms with Gasteiger partial charge in [0.2, 0.25) is 11.6 Å². The zero-order valence-corrected chi connectivity index (χ0v) is 19.1. The van der Waals surface area contributed by atoms with Gasteiger partial charge in [-0.25, -0.2) is 43.9 Å². The molecule has 11 heteroatoms. The Labute approximate surface area is 213 Å². The summed E-state index contributed by atoms with van der Waals surface area (Å²) in [6, 6.07) is 11.6. The number of benzene rings is 4. The summed E-state index contributed by atoms with van der Waals surface area (Å²) in [6.45, 7) is 0. The fourth-order valence-corrected chi connectivity index (χ4v) is 3.33. The maximum Gasteiger partial charge on any atom is 0.200 e. The van der Waals surface area contributed by atoms with Gasteiger partial charge in [-0.3, -0.25) is 0 Å². The highest BCUT2D eigenvalue weighted by molar-refractivity contribution is 5.71. The standard InChI is InChI=1S/C28H12F10O/c29-19-17(20(30)24(34)27(37)23(19)33)11-5-13-1-7-15(8-2-13)39-16-9-3-14(4-10-16)6-12-18-21(31)25(35)28(38)26(36)22(18)32/h1-12H/b11-5+,12-6+. The number of hydrogen-bond acceptors (Lipinski definition) is 1. The number of rotatable bonds is 6. The van der Waals surface area contributed by atoms with Crippen molar-refractivity contribution in [1.82, 2.24) is 0 Å². The molecular weight excluding hydrogens is 542 g/mol. The molecule has 0 saturated heterocycles. The van der Waals surface area contributed by atoms with E-state index in [9.17, 15) is 43.9 Å². The Morgan fingerprint density at radius 3 is 0.872 bits per heavy atom. The van der Waals surface area contributed by atoms with Gasteiger partial charge in [0.1, 0.15) is 11.5 Å². The molecule has 1 nitrogen and oxygen atoms in total. The van der Waals surface area contributed by atoms with Crippen LogP contribution in [0.1, 0.15) is 22.3 Å². The summed E-state index contributed by atoms with van der Waals surface area (Å²) < 4.78 is 140. The van der Waals surface area contributed by atoms with Gasteiger partial charge in [-0.05, 0) is 47.5 Å². The smallest absolute Gasteiger partial charge is 0.200 e. The van der Waals surface area contributed by atoms with E-state index >= 15 is 0 Å². The third-order valence-corrected chi connectivity index (χ3v) is 5.37. The maximum absolute atomic E-state index is 13.8. The van der Waals surface area contributed by atoms with Crippen LogP contribution in [0.4, 0.5) is 43.9 Å². The van der Waals surface area contributed by atoms with Gasteiger partial charge in [0.15, 0.2) is 46.5 Å². The normalized spacial score (nSPS) is 11.6. The van der Waals surface area contributed by atoms with E-state index in [1.54, 1.807) is 0 Å². The quantitative estimate of drug-likeness (QED) is 0.1000. The topological polar surface area (TPSA) is 9.23 Å². The fourth-order valence-electron chi connectivity index (χ4n) is 3.33. The van der Waals surface area contributed by atoms with E-state index in [0.29, 0.717) is 22.6 Å². The van der Waals surface area contributed by atoms with Crippen molar-refractivity contribution in [2.45, 2.75) is 0 Å². The summed E-state index contributed by atoms with van der Waals surface area (Å²) in [5.41, 5.74) is -1.50. The molecule has 0 aliphatic carbocycles. The molecular formula is C28H12F10O. The lowest BCUT2D eigenvalue weighted by Gasteiger charge is -2.07. The molecule has 0 aliphatic heterocycles. The highest BCUT2D eigenvalue weighted by Gasteiger charge is 2.25. The van der Waals surface area contributed by atoms with E-state index in [4.69, 9.17) is 4.74 Å². The first-order valence-electron chi connectivity index (χ1n) is 10.8. The first-order chi connectivity index (χ1) is 18.5. The molecule has 0 amide bonds. The number of hydrogen-bond donors (Lipinski definition) is 0. The average Bonchev–Trinajstić information content (AvgIpc) is 2.94. The summed E-state index contributed by atoms with van der Waals surface area (Å²) in [5, 5.41) is 0. The summed E-state index contributed by atoms with van der Waals surface area (Å²) in [7, 11) is 0. The minimum Gasteiger partial charge on any atom is -0.457 e. The lowest BCUT2D eigenvalue weighted by molar-refractivity contribution is 0.377. The predicted octanol–water partition coefficient (Wildman–Crippen LogP) is 9.21. The lowest BCUT2D eigenvalue weighted by Crippen LogP contribution is -2.03. The van der Waals surface area contributed by atoms with Crippen LogP contribution in [0.25, 0.3) is 24.3 Å². The molecule has 4 aromatic carbocycles. The third-order valence-electron chi connectivity index (χ3n) is 5.37. The number of ether oxygens (including phenoxy) is 1. The van der Waals surface area contributed by atoms with Crippen LogP contribution in [-0.2, 0) is 0 Å². The minimum absolute atomic E-state index is 0.299. The molecule has 0 unspecified atom stereocenters. The van der Waals surface area contributed by atoms with Crippen molar-refractivity contribution in [2.24, 2.45) is 0 Å². The molecule has 0 heterocycles. The van der Waals surface area contributed by atoms with Crippen LogP contribution >= 0.6 is 0 Å². The largest absolute Gasteiger partial charge is 0.457 e. The zero-order valence-electron chi connectivity index (χ0n) is 19.1. The SMILES string of the molecule is Fc1c(F)c(F)c(/C=C/c2ccc(Oc3ccc(/C=C/c4c(F)c(F)c(F)c(F)c4F)cc3)cc2)c(F)c1F. The van der Waals surface area contributed by atoms with Crippen LogP contribution in [0.5, 0.6) is 11.5 Å². The molecule has 0 radical (unpaired) electrons. The number of halogens is 10. The molecule has 0 atom stereocenters. The molecule has 200 valence electrons. The van der Waals surface area contributed by atoms with Crippen molar-refractivity contribution in [3.63, 3.8) is 0 Å². The van der Waals surface area contributed by atoms with Crippen molar-refractivity contribution in [3.05, 3.63) is 129 Å². The first kappa shape index (κ1) is 27.5. The first-order valence-corrected chi connectivity index (χ1v) is 10.8. The monoisotopic (exact) mass is 554 g/mol. The van der Waals surface area contributed by atoms with E-state index < -0.39 is 69.3 Å². The van der Waals surface area contributed by atoms with Crippen LogP contribution in [0.2, 0.25) is 0 Å². The van der Waals surface area contributed by atoms with Crippen molar-refractivity contribution in [3.8, 4) is 11.5 Å². The summed E-state index contributed by atoms with van der Waals surface area (Å²) in [4.78, 5) is 0. The van der Waals surface area contributed by atoms with Crippen molar-refractivity contribution >= 4 is 24.3 Å². The summed E-state index contributed by atoms with van der Waals surface area (Å²) in [6.07, 6.45) is 3.75. The van der Waals surface area contributed by atoms with Crippen molar-refractivity contribution < 1.29 is 48.6 Å².